The Morgan fingerprint density at radius 3 is 2.48 bits per heavy atom. The standard InChI is InChI=1S/C21H26ClNO2/c22-21-7-2-1-5-17(21)12-13-23(18-8-10-19(24)11-9-18)15-16-4-3-6-20(25)14-16/h1-7,14,18-19,24-25H,8-13,15H2. The lowest BCUT2D eigenvalue weighted by atomic mass is 9.91. The second-order valence-electron chi connectivity index (χ2n) is 6.94. The van der Waals surface area contributed by atoms with E-state index in [1.54, 1.807) is 6.07 Å². The van der Waals surface area contributed by atoms with Crippen LogP contribution in [-0.4, -0.2) is 33.8 Å². The molecule has 134 valence electrons. The van der Waals surface area contributed by atoms with Crippen LogP contribution < -0.4 is 0 Å². The van der Waals surface area contributed by atoms with Gasteiger partial charge in [-0.05, 0) is 61.4 Å². The lowest BCUT2D eigenvalue weighted by molar-refractivity contribution is 0.0707. The van der Waals surface area contributed by atoms with Crippen LogP contribution >= 0.6 is 11.6 Å². The maximum atomic E-state index is 9.81. The Morgan fingerprint density at radius 1 is 1.00 bits per heavy atom. The van der Waals surface area contributed by atoms with Crippen LogP contribution in [0.4, 0.5) is 0 Å². The molecule has 2 aromatic carbocycles. The molecule has 0 amide bonds. The number of halogens is 1. The van der Waals surface area contributed by atoms with Crippen LogP contribution in [0.2, 0.25) is 5.02 Å². The number of hydrogen-bond donors (Lipinski definition) is 2. The van der Waals surface area contributed by atoms with Crippen LogP contribution in [0.3, 0.4) is 0 Å². The normalized spacial score (nSPS) is 20.8. The number of aromatic hydroxyl groups is 1. The summed E-state index contributed by atoms with van der Waals surface area (Å²) in [5, 5.41) is 20.4. The maximum absolute atomic E-state index is 9.81. The monoisotopic (exact) mass is 359 g/mol. The lowest BCUT2D eigenvalue weighted by Gasteiger charge is -2.36. The molecule has 2 N–H and O–H groups in total. The molecule has 0 radical (unpaired) electrons. The molecule has 3 nitrogen and oxygen atoms in total. The van der Waals surface area contributed by atoms with Gasteiger partial charge in [0.15, 0.2) is 0 Å². The van der Waals surface area contributed by atoms with Crippen molar-refractivity contribution < 1.29 is 10.2 Å². The molecule has 0 saturated heterocycles. The summed E-state index contributed by atoms with van der Waals surface area (Å²) in [7, 11) is 0. The zero-order valence-electron chi connectivity index (χ0n) is 14.4. The Kier molecular flexibility index (Phi) is 6.35. The van der Waals surface area contributed by atoms with E-state index in [2.05, 4.69) is 17.0 Å². The molecule has 0 unspecified atom stereocenters. The van der Waals surface area contributed by atoms with Crippen molar-refractivity contribution in [2.75, 3.05) is 6.54 Å². The van der Waals surface area contributed by atoms with E-state index in [0.717, 1.165) is 55.8 Å². The fraction of sp³-hybridized carbons (Fsp3) is 0.429. The van der Waals surface area contributed by atoms with E-state index in [4.69, 9.17) is 11.6 Å². The van der Waals surface area contributed by atoms with Gasteiger partial charge < -0.3 is 10.2 Å². The molecule has 0 spiro atoms. The van der Waals surface area contributed by atoms with E-state index in [0.29, 0.717) is 11.8 Å². The van der Waals surface area contributed by atoms with E-state index in [-0.39, 0.29) is 6.10 Å². The average molecular weight is 360 g/mol. The molecule has 1 aliphatic carbocycles. The minimum atomic E-state index is -0.151. The molecule has 0 atom stereocenters. The van der Waals surface area contributed by atoms with Gasteiger partial charge in [-0.1, -0.05) is 41.9 Å². The number of hydrogen-bond acceptors (Lipinski definition) is 3. The lowest BCUT2D eigenvalue weighted by Crippen LogP contribution is -2.39. The Hall–Kier alpha value is -1.55. The third-order valence-electron chi connectivity index (χ3n) is 5.11. The molecule has 1 aliphatic rings. The van der Waals surface area contributed by atoms with Gasteiger partial charge in [0.1, 0.15) is 5.75 Å². The summed E-state index contributed by atoms with van der Waals surface area (Å²) in [6.07, 6.45) is 4.52. The molecular weight excluding hydrogens is 334 g/mol. The number of aliphatic hydroxyl groups excluding tert-OH is 1. The fourth-order valence-electron chi connectivity index (χ4n) is 3.67. The van der Waals surface area contributed by atoms with E-state index in [1.807, 2.05) is 30.3 Å². The van der Waals surface area contributed by atoms with Crippen LogP contribution in [-0.2, 0) is 13.0 Å². The first kappa shape index (κ1) is 18.2. The zero-order chi connectivity index (χ0) is 17.6. The first-order valence-electron chi connectivity index (χ1n) is 9.05. The third-order valence-corrected chi connectivity index (χ3v) is 5.47. The Balaban J connectivity index is 1.70. The largest absolute Gasteiger partial charge is 0.508 e. The van der Waals surface area contributed by atoms with Gasteiger partial charge in [-0.3, -0.25) is 4.90 Å². The molecule has 0 heterocycles. The highest BCUT2D eigenvalue weighted by Gasteiger charge is 2.25. The van der Waals surface area contributed by atoms with E-state index >= 15 is 0 Å². The number of phenolic OH excluding ortho intramolecular Hbond substituents is 1. The Morgan fingerprint density at radius 2 is 1.76 bits per heavy atom. The first-order chi connectivity index (χ1) is 12.1. The SMILES string of the molecule is Oc1cccc(CN(CCc2ccccc2Cl)C2CCC(O)CC2)c1. The second-order valence-corrected chi connectivity index (χ2v) is 7.35. The van der Waals surface area contributed by atoms with Gasteiger partial charge in [-0.15, -0.1) is 0 Å². The Labute approximate surface area is 154 Å². The quantitative estimate of drug-likeness (QED) is 0.803. The average Bonchev–Trinajstić information content (AvgIpc) is 2.61. The fourth-order valence-corrected chi connectivity index (χ4v) is 3.90. The summed E-state index contributed by atoms with van der Waals surface area (Å²) < 4.78 is 0. The molecule has 3 rings (SSSR count). The zero-order valence-corrected chi connectivity index (χ0v) is 15.2. The second kappa shape index (κ2) is 8.70. The van der Waals surface area contributed by atoms with Crippen molar-refractivity contribution in [1.82, 2.24) is 4.90 Å². The Bertz CT molecular complexity index is 683. The molecule has 25 heavy (non-hydrogen) atoms. The topological polar surface area (TPSA) is 43.7 Å². The van der Waals surface area contributed by atoms with Crippen molar-refractivity contribution in [3.05, 3.63) is 64.7 Å². The smallest absolute Gasteiger partial charge is 0.115 e. The number of benzene rings is 2. The van der Waals surface area contributed by atoms with E-state index in [9.17, 15) is 10.2 Å². The van der Waals surface area contributed by atoms with Gasteiger partial charge >= 0.3 is 0 Å². The van der Waals surface area contributed by atoms with Crippen molar-refractivity contribution in [3.63, 3.8) is 0 Å². The number of nitrogens with zero attached hydrogens (tertiary/aromatic N) is 1. The van der Waals surface area contributed by atoms with Crippen molar-refractivity contribution in [1.29, 1.82) is 0 Å². The van der Waals surface area contributed by atoms with E-state index < -0.39 is 0 Å². The third kappa shape index (κ3) is 5.21. The van der Waals surface area contributed by atoms with Crippen molar-refractivity contribution in [2.45, 2.75) is 50.8 Å². The molecule has 0 bridgehead atoms. The summed E-state index contributed by atoms with van der Waals surface area (Å²) in [6, 6.07) is 16.0. The van der Waals surface area contributed by atoms with Crippen LogP contribution in [0.1, 0.15) is 36.8 Å². The molecule has 1 saturated carbocycles. The summed E-state index contributed by atoms with van der Waals surface area (Å²) >= 11 is 6.31. The number of phenols is 1. The summed E-state index contributed by atoms with van der Waals surface area (Å²) in [5.74, 6) is 0.308. The van der Waals surface area contributed by atoms with Crippen molar-refractivity contribution in [2.24, 2.45) is 0 Å². The van der Waals surface area contributed by atoms with Crippen LogP contribution in [0.5, 0.6) is 5.75 Å². The van der Waals surface area contributed by atoms with Crippen molar-refractivity contribution >= 4 is 11.6 Å². The van der Waals surface area contributed by atoms with Crippen LogP contribution in [0.25, 0.3) is 0 Å². The first-order valence-corrected chi connectivity index (χ1v) is 9.43. The molecule has 0 aromatic heterocycles. The minimum absolute atomic E-state index is 0.151. The molecule has 1 fully saturated rings. The van der Waals surface area contributed by atoms with Crippen LogP contribution in [0.15, 0.2) is 48.5 Å². The number of aliphatic hydroxyl groups is 1. The highest BCUT2D eigenvalue weighted by atomic mass is 35.5. The summed E-state index contributed by atoms with van der Waals surface area (Å²) in [6.45, 7) is 1.72. The predicted octanol–water partition coefficient (Wildman–Crippen LogP) is 4.39. The highest BCUT2D eigenvalue weighted by molar-refractivity contribution is 6.31. The maximum Gasteiger partial charge on any atom is 0.115 e. The van der Waals surface area contributed by atoms with Gasteiger partial charge in [-0.2, -0.15) is 0 Å². The number of rotatable bonds is 6. The minimum Gasteiger partial charge on any atom is -0.508 e. The molecule has 2 aromatic rings. The molecule has 4 heteroatoms. The van der Waals surface area contributed by atoms with Gasteiger partial charge in [0, 0.05) is 24.2 Å². The highest BCUT2D eigenvalue weighted by Crippen LogP contribution is 2.26. The molecular formula is C21H26ClNO2. The van der Waals surface area contributed by atoms with Gasteiger partial charge in [-0.25, -0.2) is 0 Å². The summed E-state index contributed by atoms with van der Waals surface area (Å²) in [5.41, 5.74) is 2.28. The van der Waals surface area contributed by atoms with Crippen LogP contribution in [0, 0.1) is 0 Å². The van der Waals surface area contributed by atoms with Crippen molar-refractivity contribution in [3.8, 4) is 5.75 Å². The molecule has 0 aliphatic heterocycles. The van der Waals surface area contributed by atoms with Gasteiger partial charge in [0.2, 0.25) is 0 Å². The van der Waals surface area contributed by atoms with Gasteiger partial charge in [0.05, 0.1) is 6.10 Å². The predicted molar refractivity (Wildman–Crippen MR) is 102 cm³/mol. The summed E-state index contributed by atoms with van der Waals surface area (Å²) in [4.78, 5) is 2.48. The van der Waals surface area contributed by atoms with Gasteiger partial charge in [0.25, 0.3) is 0 Å². The van der Waals surface area contributed by atoms with E-state index in [1.165, 1.54) is 5.56 Å².